The summed E-state index contributed by atoms with van der Waals surface area (Å²) in [6.45, 7) is 4.67. The minimum atomic E-state index is -0.0102. The molecule has 2 nitrogen and oxygen atoms in total. The van der Waals surface area contributed by atoms with Crippen molar-refractivity contribution in [1.82, 2.24) is 4.90 Å². The van der Waals surface area contributed by atoms with E-state index in [0.717, 1.165) is 11.0 Å². The number of Topliss-reactive ketones (excluding diaryl/α,β-unsaturated/α-hetero) is 1. The highest BCUT2D eigenvalue weighted by Crippen LogP contribution is 2.14. The number of likely N-dealkylation sites (N-methyl/N-ethyl adjacent to an activating group) is 1. The molecule has 3 heteroatoms. The summed E-state index contributed by atoms with van der Waals surface area (Å²) in [5.74, 6) is 0.289. The molecule has 0 fully saturated rings. The Morgan fingerprint density at radius 3 is 2.75 bits per heavy atom. The van der Waals surface area contributed by atoms with Crippen LogP contribution in [-0.2, 0) is 11.3 Å². The third-order valence-electron chi connectivity index (χ3n) is 2.80. The van der Waals surface area contributed by atoms with Crippen LogP contribution < -0.4 is 0 Å². The van der Waals surface area contributed by atoms with E-state index in [9.17, 15) is 4.79 Å². The van der Waals surface area contributed by atoms with Gasteiger partial charge in [-0.25, -0.2) is 0 Å². The lowest BCUT2D eigenvalue weighted by atomic mass is 10.1. The Kier molecular flexibility index (Phi) is 5.16. The van der Waals surface area contributed by atoms with Crippen molar-refractivity contribution in [3.8, 4) is 0 Å². The van der Waals surface area contributed by atoms with Crippen molar-refractivity contribution in [1.29, 1.82) is 0 Å². The van der Waals surface area contributed by atoms with Crippen LogP contribution in [0, 0.1) is 0 Å². The van der Waals surface area contributed by atoms with Gasteiger partial charge >= 0.3 is 0 Å². The first kappa shape index (κ1) is 13.4. The molecule has 1 atom stereocenters. The standard InChI is InChI=1S/C13H18BrNO/c1-4-13(16)10(2)15(3)9-11-6-5-7-12(14)8-11/h5-8,10H,4,9H2,1-3H3. The van der Waals surface area contributed by atoms with Gasteiger partial charge in [0.2, 0.25) is 0 Å². The molecular formula is C13H18BrNO. The first-order chi connectivity index (χ1) is 7.54. The number of halogens is 1. The third-order valence-corrected chi connectivity index (χ3v) is 3.29. The quantitative estimate of drug-likeness (QED) is 0.827. The number of carbonyl (C=O) groups excluding carboxylic acids is 1. The lowest BCUT2D eigenvalue weighted by molar-refractivity contribution is -0.123. The van der Waals surface area contributed by atoms with E-state index in [2.05, 4.69) is 33.0 Å². The van der Waals surface area contributed by atoms with Gasteiger partial charge in [-0.15, -0.1) is 0 Å². The Morgan fingerprint density at radius 2 is 2.19 bits per heavy atom. The average Bonchev–Trinajstić information content (AvgIpc) is 2.27. The van der Waals surface area contributed by atoms with Crippen molar-refractivity contribution in [2.24, 2.45) is 0 Å². The van der Waals surface area contributed by atoms with Crippen LogP contribution in [0.25, 0.3) is 0 Å². The van der Waals surface area contributed by atoms with Gasteiger partial charge in [-0.1, -0.05) is 35.0 Å². The van der Waals surface area contributed by atoms with E-state index >= 15 is 0 Å². The average molecular weight is 284 g/mol. The second kappa shape index (κ2) is 6.16. The smallest absolute Gasteiger partial charge is 0.149 e. The fourth-order valence-corrected chi connectivity index (χ4v) is 2.05. The van der Waals surface area contributed by atoms with Crippen LogP contribution >= 0.6 is 15.9 Å². The summed E-state index contributed by atoms with van der Waals surface area (Å²) in [4.78, 5) is 13.6. The van der Waals surface area contributed by atoms with Crippen molar-refractivity contribution in [2.75, 3.05) is 7.05 Å². The zero-order chi connectivity index (χ0) is 12.1. The molecule has 0 aliphatic rings. The fourth-order valence-electron chi connectivity index (χ4n) is 1.60. The van der Waals surface area contributed by atoms with Crippen LogP contribution in [-0.4, -0.2) is 23.8 Å². The maximum absolute atomic E-state index is 11.6. The molecule has 0 spiro atoms. The lowest BCUT2D eigenvalue weighted by Crippen LogP contribution is -2.35. The van der Waals surface area contributed by atoms with E-state index in [0.29, 0.717) is 6.42 Å². The molecule has 0 radical (unpaired) electrons. The zero-order valence-corrected chi connectivity index (χ0v) is 11.6. The van der Waals surface area contributed by atoms with Gasteiger partial charge < -0.3 is 0 Å². The van der Waals surface area contributed by atoms with Gasteiger partial charge in [-0.05, 0) is 31.7 Å². The number of carbonyl (C=O) groups is 1. The second-order valence-corrected chi connectivity index (χ2v) is 4.96. The van der Waals surface area contributed by atoms with Crippen molar-refractivity contribution < 1.29 is 4.79 Å². The van der Waals surface area contributed by atoms with E-state index in [1.165, 1.54) is 5.56 Å². The normalized spacial score (nSPS) is 12.8. The zero-order valence-electron chi connectivity index (χ0n) is 10.0. The molecule has 0 saturated carbocycles. The number of ketones is 1. The molecule has 0 N–H and O–H groups in total. The van der Waals surface area contributed by atoms with Crippen LogP contribution in [0.15, 0.2) is 28.7 Å². The molecule has 1 aromatic carbocycles. The molecule has 1 aromatic rings. The van der Waals surface area contributed by atoms with Gasteiger partial charge in [0.05, 0.1) is 6.04 Å². The van der Waals surface area contributed by atoms with Crippen LogP contribution in [0.5, 0.6) is 0 Å². The fraction of sp³-hybridized carbons (Fsp3) is 0.462. The number of nitrogens with zero attached hydrogens (tertiary/aromatic N) is 1. The highest BCUT2D eigenvalue weighted by molar-refractivity contribution is 9.10. The predicted octanol–water partition coefficient (Wildman–Crippen LogP) is 3.25. The number of hydrogen-bond donors (Lipinski definition) is 0. The van der Waals surface area contributed by atoms with Crippen LogP contribution in [0.2, 0.25) is 0 Å². The molecule has 1 unspecified atom stereocenters. The van der Waals surface area contributed by atoms with Gasteiger partial charge in [0.25, 0.3) is 0 Å². The minimum Gasteiger partial charge on any atom is -0.298 e. The Hall–Kier alpha value is -0.670. The molecule has 16 heavy (non-hydrogen) atoms. The van der Waals surface area contributed by atoms with Crippen molar-refractivity contribution in [2.45, 2.75) is 32.9 Å². The Balaban J connectivity index is 2.64. The number of rotatable bonds is 5. The minimum absolute atomic E-state index is 0.0102. The van der Waals surface area contributed by atoms with E-state index in [1.807, 2.05) is 33.0 Å². The molecule has 1 rings (SSSR count). The summed E-state index contributed by atoms with van der Waals surface area (Å²) < 4.78 is 1.08. The Bertz CT molecular complexity index is 365. The van der Waals surface area contributed by atoms with E-state index in [-0.39, 0.29) is 11.8 Å². The summed E-state index contributed by atoms with van der Waals surface area (Å²) in [6.07, 6.45) is 0.601. The molecule has 88 valence electrons. The lowest BCUT2D eigenvalue weighted by Gasteiger charge is -2.23. The predicted molar refractivity (Wildman–Crippen MR) is 70.4 cm³/mol. The summed E-state index contributed by atoms with van der Waals surface area (Å²) in [6, 6.07) is 8.16. The van der Waals surface area contributed by atoms with Crippen molar-refractivity contribution >= 4 is 21.7 Å². The Morgan fingerprint density at radius 1 is 1.50 bits per heavy atom. The molecule has 0 aliphatic carbocycles. The molecule has 0 aliphatic heterocycles. The third kappa shape index (κ3) is 3.72. The summed E-state index contributed by atoms with van der Waals surface area (Å²) >= 11 is 3.45. The monoisotopic (exact) mass is 283 g/mol. The number of benzene rings is 1. The van der Waals surface area contributed by atoms with E-state index < -0.39 is 0 Å². The van der Waals surface area contributed by atoms with E-state index in [1.54, 1.807) is 0 Å². The molecule has 0 aromatic heterocycles. The topological polar surface area (TPSA) is 20.3 Å². The Labute approximate surface area is 106 Å². The maximum Gasteiger partial charge on any atom is 0.149 e. The summed E-state index contributed by atoms with van der Waals surface area (Å²) in [7, 11) is 1.99. The first-order valence-electron chi connectivity index (χ1n) is 5.52. The summed E-state index contributed by atoms with van der Waals surface area (Å²) in [5.41, 5.74) is 1.22. The van der Waals surface area contributed by atoms with Crippen LogP contribution in [0.3, 0.4) is 0 Å². The van der Waals surface area contributed by atoms with Crippen LogP contribution in [0.1, 0.15) is 25.8 Å². The SMILES string of the molecule is CCC(=O)C(C)N(C)Cc1cccc(Br)c1. The van der Waals surface area contributed by atoms with Gasteiger partial charge in [0, 0.05) is 17.4 Å². The van der Waals surface area contributed by atoms with Crippen LogP contribution in [0.4, 0.5) is 0 Å². The van der Waals surface area contributed by atoms with E-state index in [4.69, 9.17) is 0 Å². The first-order valence-corrected chi connectivity index (χ1v) is 6.31. The molecule has 0 heterocycles. The van der Waals surface area contributed by atoms with Gasteiger partial charge in [-0.3, -0.25) is 9.69 Å². The maximum atomic E-state index is 11.6. The number of hydrogen-bond acceptors (Lipinski definition) is 2. The molecule has 0 bridgehead atoms. The van der Waals surface area contributed by atoms with Crippen molar-refractivity contribution in [3.05, 3.63) is 34.3 Å². The highest BCUT2D eigenvalue weighted by Gasteiger charge is 2.15. The summed E-state index contributed by atoms with van der Waals surface area (Å²) in [5, 5.41) is 0. The van der Waals surface area contributed by atoms with Gasteiger partial charge in [0.15, 0.2) is 0 Å². The largest absolute Gasteiger partial charge is 0.298 e. The van der Waals surface area contributed by atoms with Gasteiger partial charge in [0.1, 0.15) is 5.78 Å². The van der Waals surface area contributed by atoms with Gasteiger partial charge in [-0.2, -0.15) is 0 Å². The molecule has 0 saturated heterocycles. The molecule has 0 amide bonds. The molecular weight excluding hydrogens is 266 g/mol. The second-order valence-electron chi connectivity index (χ2n) is 4.04. The highest BCUT2D eigenvalue weighted by atomic mass is 79.9. The van der Waals surface area contributed by atoms with Crippen molar-refractivity contribution in [3.63, 3.8) is 0 Å².